The average molecular weight is 323 g/mol. The van der Waals surface area contributed by atoms with Gasteiger partial charge in [0.2, 0.25) is 5.82 Å². The van der Waals surface area contributed by atoms with E-state index >= 15 is 0 Å². The number of rotatable bonds is 5. The molecule has 3 aromatic rings. The molecule has 1 aromatic heterocycles. The van der Waals surface area contributed by atoms with Gasteiger partial charge < -0.3 is 14.6 Å². The first-order valence-electron chi connectivity index (χ1n) is 7.58. The third kappa shape index (κ3) is 3.12. The normalized spacial score (nSPS) is 10.4. The van der Waals surface area contributed by atoms with Crippen LogP contribution in [0.4, 0.5) is 0 Å². The van der Waals surface area contributed by atoms with Crippen molar-refractivity contribution < 1.29 is 14.1 Å². The fraction of sp³-hybridized carbons (Fsp3) is 0.167. The number of aromatic nitrogens is 2. The van der Waals surface area contributed by atoms with E-state index in [4.69, 9.17) is 9.26 Å². The van der Waals surface area contributed by atoms with E-state index in [1.807, 2.05) is 37.3 Å². The van der Waals surface area contributed by atoms with Gasteiger partial charge in [-0.25, -0.2) is 0 Å². The Bertz CT molecular complexity index is 841. The van der Waals surface area contributed by atoms with E-state index in [9.17, 15) is 4.79 Å². The van der Waals surface area contributed by atoms with Crippen molar-refractivity contribution >= 4 is 5.91 Å². The van der Waals surface area contributed by atoms with Gasteiger partial charge in [-0.15, -0.1) is 0 Å². The molecule has 0 aliphatic rings. The smallest absolute Gasteiger partial charge is 0.259 e. The minimum absolute atomic E-state index is 0.169. The maximum absolute atomic E-state index is 12.2. The van der Waals surface area contributed by atoms with Gasteiger partial charge in [0.1, 0.15) is 5.75 Å². The Morgan fingerprint density at radius 3 is 2.62 bits per heavy atom. The van der Waals surface area contributed by atoms with Gasteiger partial charge in [0.25, 0.3) is 11.8 Å². The molecule has 6 nitrogen and oxygen atoms in total. The summed E-state index contributed by atoms with van der Waals surface area (Å²) in [4.78, 5) is 16.6. The Morgan fingerprint density at radius 2 is 1.92 bits per heavy atom. The van der Waals surface area contributed by atoms with Crippen molar-refractivity contribution in [3.05, 3.63) is 54.1 Å². The molecule has 3 rings (SSSR count). The van der Waals surface area contributed by atoms with Crippen LogP contribution in [0.25, 0.3) is 22.8 Å². The first kappa shape index (κ1) is 15.7. The molecule has 0 atom stereocenters. The molecular formula is C18H17N3O3. The minimum atomic E-state index is -0.169. The standard InChI is InChI=1S/C18H17N3O3/c1-3-19-17(22)14-6-4-5-7-15(14)18-20-16(21-24-18)12-8-10-13(23-2)11-9-12/h4-11H,3H2,1-2H3,(H,19,22). The molecule has 0 saturated carbocycles. The Kier molecular flexibility index (Phi) is 4.56. The van der Waals surface area contributed by atoms with Crippen molar-refractivity contribution in [2.75, 3.05) is 13.7 Å². The molecule has 1 N–H and O–H groups in total. The quantitative estimate of drug-likeness (QED) is 0.780. The Labute approximate surface area is 139 Å². The first-order chi connectivity index (χ1) is 11.7. The predicted molar refractivity (Wildman–Crippen MR) is 89.7 cm³/mol. The number of nitrogens with one attached hydrogen (secondary N) is 1. The monoisotopic (exact) mass is 323 g/mol. The fourth-order valence-corrected chi connectivity index (χ4v) is 2.31. The van der Waals surface area contributed by atoms with Crippen LogP contribution in [0.15, 0.2) is 53.1 Å². The van der Waals surface area contributed by atoms with E-state index in [0.717, 1.165) is 11.3 Å². The van der Waals surface area contributed by atoms with Crippen molar-refractivity contribution in [1.29, 1.82) is 0 Å². The molecule has 1 heterocycles. The SMILES string of the molecule is CCNC(=O)c1ccccc1-c1nc(-c2ccc(OC)cc2)no1. The van der Waals surface area contributed by atoms with Crippen LogP contribution in [0, 0.1) is 0 Å². The van der Waals surface area contributed by atoms with Gasteiger partial charge in [0.05, 0.1) is 18.2 Å². The highest BCUT2D eigenvalue weighted by molar-refractivity contribution is 5.99. The number of nitrogens with zero attached hydrogens (tertiary/aromatic N) is 2. The lowest BCUT2D eigenvalue weighted by molar-refractivity contribution is 0.0956. The maximum Gasteiger partial charge on any atom is 0.259 e. The summed E-state index contributed by atoms with van der Waals surface area (Å²) in [5.74, 6) is 1.35. The van der Waals surface area contributed by atoms with Gasteiger partial charge in [0.15, 0.2) is 0 Å². The van der Waals surface area contributed by atoms with Crippen LogP contribution in [0.2, 0.25) is 0 Å². The minimum Gasteiger partial charge on any atom is -0.497 e. The third-order valence-corrected chi connectivity index (χ3v) is 3.51. The Hall–Kier alpha value is -3.15. The van der Waals surface area contributed by atoms with Crippen molar-refractivity contribution in [3.8, 4) is 28.6 Å². The summed E-state index contributed by atoms with van der Waals surface area (Å²) >= 11 is 0. The second kappa shape index (κ2) is 6.95. The summed E-state index contributed by atoms with van der Waals surface area (Å²) in [6.45, 7) is 2.42. The molecule has 0 aliphatic carbocycles. The number of methoxy groups -OCH3 is 1. The van der Waals surface area contributed by atoms with Gasteiger partial charge in [0, 0.05) is 12.1 Å². The summed E-state index contributed by atoms with van der Waals surface area (Å²) in [5, 5.41) is 6.79. The summed E-state index contributed by atoms with van der Waals surface area (Å²) in [7, 11) is 1.61. The molecule has 122 valence electrons. The van der Waals surface area contributed by atoms with Crippen LogP contribution in [0.5, 0.6) is 5.75 Å². The van der Waals surface area contributed by atoms with Gasteiger partial charge in [-0.3, -0.25) is 4.79 Å². The summed E-state index contributed by atoms with van der Waals surface area (Å²) in [5.41, 5.74) is 1.92. The average Bonchev–Trinajstić information content (AvgIpc) is 3.12. The van der Waals surface area contributed by atoms with Crippen LogP contribution in [0.3, 0.4) is 0 Å². The van der Waals surface area contributed by atoms with Crippen molar-refractivity contribution in [1.82, 2.24) is 15.5 Å². The zero-order valence-corrected chi connectivity index (χ0v) is 13.4. The maximum atomic E-state index is 12.2. The molecule has 0 saturated heterocycles. The van der Waals surface area contributed by atoms with Crippen LogP contribution in [-0.4, -0.2) is 29.7 Å². The highest BCUT2D eigenvalue weighted by Crippen LogP contribution is 2.26. The molecule has 0 unspecified atom stereocenters. The number of carbonyl (C=O) groups is 1. The highest BCUT2D eigenvalue weighted by Gasteiger charge is 2.17. The van der Waals surface area contributed by atoms with E-state index in [-0.39, 0.29) is 5.91 Å². The van der Waals surface area contributed by atoms with Crippen LogP contribution in [-0.2, 0) is 0 Å². The van der Waals surface area contributed by atoms with Crippen LogP contribution in [0.1, 0.15) is 17.3 Å². The predicted octanol–water partition coefficient (Wildman–Crippen LogP) is 3.16. The van der Waals surface area contributed by atoms with Crippen molar-refractivity contribution in [2.24, 2.45) is 0 Å². The van der Waals surface area contributed by atoms with Crippen LogP contribution < -0.4 is 10.1 Å². The number of amides is 1. The zero-order valence-electron chi connectivity index (χ0n) is 13.4. The number of carbonyl (C=O) groups excluding carboxylic acids is 1. The molecular weight excluding hydrogens is 306 g/mol. The second-order valence-corrected chi connectivity index (χ2v) is 5.06. The lowest BCUT2D eigenvalue weighted by Gasteiger charge is -2.05. The van der Waals surface area contributed by atoms with Gasteiger partial charge >= 0.3 is 0 Å². The molecule has 6 heteroatoms. The van der Waals surface area contributed by atoms with Gasteiger partial charge in [-0.1, -0.05) is 17.3 Å². The number of ether oxygens (including phenoxy) is 1. The molecule has 0 bridgehead atoms. The summed E-state index contributed by atoms with van der Waals surface area (Å²) < 4.78 is 10.5. The van der Waals surface area contributed by atoms with E-state index in [0.29, 0.717) is 29.4 Å². The summed E-state index contributed by atoms with van der Waals surface area (Å²) in [6.07, 6.45) is 0. The third-order valence-electron chi connectivity index (χ3n) is 3.51. The number of benzene rings is 2. The highest BCUT2D eigenvalue weighted by atomic mass is 16.5. The largest absolute Gasteiger partial charge is 0.497 e. The van der Waals surface area contributed by atoms with Gasteiger partial charge in [-0.05, 0) is 43.3 Å². The van der Waals surface area contributed by atoms with Crippen molar-refractivity contribution in [3.63, 3.8) is 0 Å². The van der Waals surface area contributed by atoms with E-state index in [1.54, 1.807) is 25.3 Å². The molecule has 0 fully saturated rings. The molecule has 24 heavy (non-hydrogen) atoms. The van der Waals surface area contributed by atoms with Crippen molar-refractivity contribution in [2.45, 2.75) is 6.92 Å². The topological polar surface area (TPSA) is 77.2 Å². The zero-order chi connectivity index (χ0) is 16.9. The summed E-state index contributed by atoms with van der Waals surface area (Å²) in [6, 6.07) is 14.5. The number of hydrogen-bond donors (Lipinski definition) is 1. The Balaban J connectivity index is 1.94. The Morgan fingerprint density at radius 1 is 1.17 bits per heavy atom. The molecule has 0 radical (unpaired) electrons. The van der Waals surface area contributed by atoms with E-state index < -0.39 is 0 Å². The lowest BCUT2D eigenvalue weighted by Crippen LogP contribution is -2.23. The van der Waals surface area contributed by atoms with E-state index in [2.05, 4.69) is 15.5 Å². The molecule has 1 amide bonds. The molecule has 2 aromatic carbocycles. The van der Waals surface area contributed by atoms with Crippen LogP contribution >= 0.6 is 0 Å². The molecule has 0 spiro atoms. The lowest BCUT2D eigenvalue weighted by atomic mass is 10.1. The van der Waals surface area contributed by atoms with E-state index in [1.165, 1.54) is 0 Å². The van der Waals surface area contributed by atoms with Gasteiger partial charge in [-0.2, -0.15) is 4.98 Å². The second-order valence-electron chi connectivity index (χ2n) is 5.06. The fourth-order valence-electron chi connectivity index (χ4n) is 2.31. The number of hydrogen-bond acceptors (Lipinski definition) is 5. The first-order valence-corrected chi connectivity index (χ1v) is 7.58. The molecule has 0 aliphatic heterocycles.